The summed E-state index contributed by atoms with van der Waals surface area (Å²) < 4.78 is 10.2. The van der Waals surface area contributed by atoms with Crippen molar-refractivity contribution in [1.29, 1.82) is 0 Å². The second-order valence-electron chi connectivity index (χ2n) is 3.88. The largest absolute Gasteiger partial charge is 0.508 e. The molecule has 1 aromatic carbocycles. The van der Waals surface area contributed by atoms with Crippen LogP contribution in [0.4, 0.5) is 0 Å². The van der Waals surface area contributed by atoms with Gasteiger partial charge in [-0.05, 0) is 24.6 Å². The minimum absolute atomic E-state index is 0.202. The Morgan fingerprint density at radius 1 is 1.29 bits per heavy atom. The molecule has 1 atom stereocenters. The smallest absolute Gasteiger partial charge is 0.115 e. The van der Waals surface area contributed by atoms with E-state index in [1.165, 1.54) is 0 Å². The Morgan fingerprint density at radius 3 is 2.82 bits per heavy atom. The number of phenols is 1. The van der Waals surface area contributed by atoms with Gasteiger partial charge >= 0.3 is 0 Å². The van der Waals surface area contributed by atoms with Crippen LogP contribution in [0.25, 0.3) is 0 Å². The molecular formula is C13H21NO3. The minimum atomic E-state index is 0.202. The Labute approximate surface area is 103 Å². The lowest BCUT2D eigenvalue weighted by atomic mass is 10.1. The first-order valence-corrected chi connectivity index (χ1v) is 5.83. The molecule has 0 aliphatic heterocycles. The average Bonchev–Trinajstić information content (AvgIpc) is 2.33. The monoisotopic (exact) mass is 239 g/mol. The molecule has 0 fully saturated rings. The highest BCUT2D eigenvalue weighted by Gasteiger charge is 2.04. The molecule has 1 unspecified atom stereocenters. The molecule has 0 aliphatic carbocycles. The summed E-state index contributed by atoms with van der Waals surface area (Å²) in [5.41, 5.74) is 1.07. The van der Waals surface area contributed by atoms with Gasteiger partial charge in [0, 0.05) is 19.7 Å². The third-order valence-corrected chi connectivity index (χ3v) is 2.50. The zero-order valence-electron chi connectivity index (χ0n) is 10.5. The van der Waals surface area contributed by atoms with Crippen molar-refractivity contribution in [2.24, 2.45) is 0 Å². The molecule has 0 spiro atoms. The molecule has 17 heavy (non-hydrogen) atoms. The Hall–Kier alpha value is -1.10. The second kappa shape index (κ2) is 8.06. The number of phenolic OH excluding ortho intramolecular Hbond substituents is 1. The van der Waals surface area contributed by atoms with Gasteiger partial charge < -0.3 is 19.9 Å². The highest BCUT2D eigenvalue weighted by atomic mass is 16.5. The van der Waals surface area contributed by atoms with Crippen molar-refractivity contribution in [3.8, 4) is 5.75 Å². The van der Waals surface area contributed by atoms with Crippen LogP contribution in [-0.4, -0.2) is 38.6 Å². The van der Waals surface area contributed by atoms with Gasteiger partial charge in [0.2, 0.25) is 0 Å². The zero-order chi connectivity index (χ0) is 12.5. The lowest BCUT2D eigenvalue weighted by Crippen LogP contribution is -2.23. The van der Waals surface area contributed by atoms with Gasteiger partial charge in [-0.1, -0.05) is 12.1 Å². The zero-order valence-corrected chi connectivity index (χ0v) is 10.5. The van der Waals surface area contributed by atoms with Gasteiger partial charge in [0.25, 0.3) is 0 Å². The van der Waals surface area contributed by atoms with E-state index in [4.69, 9.17) is 9.47 Å². The maximum Gasteiger partial charge on any atom is 0.115 e. The van der Waals surface area contributed by atoms with E-state index >= 15 is 0 Å². The molecule has 1 aromatic rings. The SMILES string of the molecule is COCCOCCNC(C)c1cccc(O)c1. The molecule has 0 aliphatic rings. The molecule has 0 saturated carbocycles. The van der Waals surface area contributed by atoms with Crippen LogP contribution in [0.2, 0.25) is 0 Å². The lowest BCUT2D eigenvalue weighted by molar-refractivity contribution is 0.0712. The van der Waals surface area contributed by atoms with Crippen LogP contribution in [-0.2, 0) is 9.47 Å². The summed E-state index contributed by atoms with van der Waals surface area (Å²) in [6, 6.07) is 7.47. The number of hydrogen-bond donors (Lipinski definition) is 2. The molecule has 0 saturated heterocycles. The van der Waals surface area contributed by atoms with Crippen LogP contribution in [0.5, 0.6) is 5.75 Å². The van der Waals surface area contributed by atoms with Crippen molar-refractivity contribution in [1.82, 2.24) is 5.32 Å². The van der Waals surface area contributed by atoms with Crippen molar-refractivity contribution in [3.05, 3.63) is 29.8 Å². The van der Waals surface area contributed by atoms with Crippen LogP contribution in [0, 0.1) is 0 Å². The van der Waals surface area contributed by atoms with E-state index in [2.05, 4.69) is 12.2 Å². The summed E-state index contributed by atoms with van der Waals surface area (Å²) in [7, 11) is 1.66. The Morgan fingerprint density at radius 2 is 2.12 bits per heavy atom. The lowest BCUT2D eigenvalue weighted by Gasteiger charge is -2.14. The first-order valence-electron chi connectivity index (χ1n) is 5.83. The summed E-state index contributed by atoms with van der Waals surface area (Å²) in [4.78, 5) is 0. The average molecular weight is 239 g/mol. The quantitative estimate of drug-likeness (QED) is 0.678. The first-order chi connectivity index (χ1) is 8.24. The third kappa shape index (κ3) is 5.68. The number of aromatic hydroxyl groups is 1. The van der Waals surface area contributed by atoms with E-state index in [0.29, 0.717) is 25.6 Å². The Kier molecular flexibility index (Phi) is 6.62. The van der Waals surface area contributed by atoms with E-state index in [-0.39, 0.29) is 6.04 Å². The summed E-state index contributed by atoms with van der Waals surface area (Å²) in [5.74, 6) is 0.299. The molecular weight excluding hydrogens is 218 g/mol. The summed E-state index contributed by atoms with van der Waals surface area (Å²) in [5, 5.41) is 12.7. The van der Waals surface area contributed by atoms with Crippen molar-refractivity contribution < 1.29 is 14.6 Å². The molecule has 0 radical (unpaired) electrons. The van der Waals surface area contributed by atoms with Gasteiger partial charge in [-0.15, -0.1) is 0 Å². The van der Waals surface area contributed by atoms with Crippen molar-refractivity contribution in [3.63, 3.8) is 0 Å². The fourth-order valence-electron chi connectivity index (χ4n) is 1.50. The second-order valence-corrected chi connectivity index (χ2v) is 3.88. The summed E-state index contributed by atoms with van der Waals surface area (Å²) in [6.45, 7) is 4.75. The maximum absolute atomic E-state index is 9.36. The standard InChI is InChI=1S/C13H21NO3/c1-11(12-4-3-5-13(15)10-12)14-6-7-17-9-8-16-2/h3-5,10-11,14-15H,6-9H2,1-2H3. The van der Waals surface area contributed by atoms with Crippen molar-refractivity contribution in [2.75, 3.05) is 33.5 Å². The highest BCUT2D eigenvalue weighted by molar-refractivity contribution is 5.28. The summed E-state index contributed by atoms with van der Waals surface area (Å²) in [6.07, 6.45) is 0. The van der Waals surface area contributed by atoms with Crippen LogP contribution >= 0.6 is 0 Å². The van der Waals surface area contributed by atoms with Gasteiger partial charge in [-0.25, -0.2) is 0 Å². The van der Waals surface area contributed by atoms with Crippen LogP contribution < -0.4 is 5.32 Å². The topological polar surface area (TPSA) is 50.7 Å². The van der Waals surface area contributed by atoms with E-state index < -0.39 is 0 Å². The number of methoxy groups -OCH3 is 1. The van der Waals surface area contributed by atoms with Gasteiger partial charge in [0.15, 0.2) is 0 Å². The van der Waals surface area contributed by atoms with E-state index in [1.54, 1.807) is 19.2 Å². The third-order valence-electron chi connectivity index (χ3n) is 2.50. The molecule has 0 bridgehead atoms. The van der Waals surface area contributed by atoms with Crippen molar-refractivity contribution in [2.45, 2.75) is 13.0 Å². The number of ether oxygens (including phenoxy) is 2. The van der Waals surface area contributed by atoms with Crippen LogP contribution in [0.3, 0.4) is 0 Å². The van der Waals surface area contributed by atoms with Gasteiger partial charge in [-0.2, -0.15) is 0 Å². The van der Waals surface area contributed by atoms with Gasteiger partial charge in [0.1, 0.15) is 5.75 Å². The molecule has 0 amide bonds. The molecule has 1 rings (SSSR count). The first kappa shape index (κ1) is 14.0. The van der Waals surface area contributed by atoms with Gasteiger partial charge in [-0.3, -0.25) is 0 Å². The number of rotatable bonds is 8. The molecule has 0 heterocycles. The van der Waals surface area contributed by atoms with Crippen LogP contribution in [0.15, 0.2) is 24.3 Å². The Balaban J connectivity index is 2.19. The fourth-order valence-corrected chi connectivity index (χ4v) is 1.50. The molecule has 2 N–H and O–H groups in total. The number of benzene rings is 1. The number of hydrogen-bond acceptors (Lipinski definition) is 4. The predicted octanol–water partition coefficient (Wildman–Crippen LogP) is 1.71. The van der Waals surface area contributed by atoms with E-state index in [9.17, 15) is 5.11 Å². The van der Waals surface area contributed by atoms with Crippen LogP contribution in [0.1, 0.15) is 18.5 Å². The highest BCUT2D eigenvalue weighted by Crippen LogP contribution is 2.17. The molecule has 0 aromatic heterocycles. The normalized spacial score (nSPS) is 12.6. The minimum Gasteiger partial charge on any atom is -0.508 e. The fraction of sp³-hybridized carbons (Fsp3) is 0.538. The molecule has 96 valence electrons. The molecule has 4 nitrogen and oxygen atoms in total. The summed E-state index contributed by atoms with van der Waals surface area (Å²) >= 11 is 0. The van der Waals surface area contributed by atoms with Gasteiger partial charge in [0.05, 0.1) is 19.8 Å². The number of nitrogens with one attached hydrogen (secondary N) is 1. The Bertz CT molecular complexity index is 317. The maximum atomic E-state index is 9.36. The van der Waals surface area contributed by atoms with Crippen molar-refractivity contribution >= 4 is 0 Å². The van der Waals surface area contributed by atoms with E-state index in [1.807, 2.05) is 12.1 Å². The molecule has 4 heteroatoms. The van der Waals surface area contributed by atoms with E-state index in [0.717, 1.165) is 12.1 Å². The predicted molar refractivity (Wildman–Crippen MR) is 67.2 cm³/mol.